The first-order chi connectivity index (χ1) is 11.6. The molecular weight excluding hydrogens is 307 g/mol. The van der Waals surface area contributed by atoms with Crippen LogP contribution in [0, 0.1) is 12.7 Å². The van der Waals surface area contributed by atoms with Gasteiger partial charge in [0.05, 0.1) is 13.2 Å². The number of rotatable bonds is 3. The van der Waals surface area contributed by atoms with Gasteiger partial charge < -0.3 is 15.4 Å². The first kappa shape index (κ1) is 15.1. The van der Waals surface area contributed by atoms with E-state index in [-0.39, 0.29) is 11.7 Å². The van der Waals surface area contributed by atoms with Gasteiger partial charge in [-0.15, -0.1) is 0 Å². The smallest absolute Gasteiger partial charge is 0.247 e. The number of amides is 1. The van der Waals surface area contributed by atoms with Crippen LogP contribution in [0.4, 0.5) is 15.8 Å². The predicted octanol–water partition coefficient (Wildman–Crippen LogP) is 3.22. The van der Waals surface area contributed by atoms with E-state index in [9.17, 15) is 9.18 Å². The van der Waals surface area contributed by atoms with Crippen molar-refractivity contribution in [3.63, 3.8) is 0 Å². The van der Waals surface area contributed by atoms with Crippen molar-refractivity contribution in [2.75, 3.05) is 23.8 Å². The number of aryl methyl sites for hydroxylation is 1. The predicted molar refractivity (Wildman–Crippen MR) is 90.9 cm³/mol. The largest absolute Gasteiger partial charge is 0.380 e. The van der Waals surface area contributed by atoms with Crippen LogP contribution in [0.5, 0.6) is 0 Å². The molecule has 4 rings (SSSR count). The Morgan fingerprint density at radius 2 is 2.12 bits per heavy atom. The third kappa shape index (κ3) is 2.65. The van der Waals surface area contributed by atoms with Gasteiger partial charge in [-0.2, -0.15) is 0 Å². The van der Waals surface area contributed by atoms with E-state index in [4.69, 9.17) is 4.74 Å². The number of benzene rings is 2. The van der Waals surface area contributed by atoms with Crippen molar-refractivity contribution >= 4 is 17.3 Å². The van der Waals surface area contributed by atoms with Crippen molar-refractivity contribution in [1.82, 2.24) is 0 Å². The zero-order chi connectivity index (χ0) is 16.7. The Kier molecular flexibility index (Phi) is 3.73. The summed E-state index contributed by atoms with van der Waals surface area (Å²) in [4.78, 5) is 12.5. The molecule has 0 bridgehead atoms. The number of ether oxygens (including phenoxy) is 1. The van der Waals surface area contributed by atoms with E-state index in [1.165, 1.54) is 11.6 Å². The molecule has 2 N–H and O–H groups in total. The van der Waals surface area contributed by atoms with Gasteiger partial charge in [-0.25, -0.2) is 4.39 Å². The molecule has 1 fully saturated rings. The molecule has 2 aromatic rings. The summed E-state index contributed by atoms with van der Waals surface area (Å²) in [5, 5.41) is 6.09. The maximum absolute atomic E-state index is 13.9. The van der Waals surface area contributed by atoms with Gasteiger partial charge in [0.15, 0.2) is 0 Å². The molecule has 1 atom stereocenters. The third-order valence-corrected chi connectivity index (χ3v) is 4.77. The molecule has 5 heteroatoms. The van der Waals surface area contributed by atoms with Gasteiger partial charge in [-0.05, 0) is 36.2 Å². The van der Waals surface area contributed by atoms with E-state index in [0.29, 0.717) is 17.9 Å². The molecule has 1 unspecified atom stereocenters. The molecule has 2 aliphatic heterocycles. The first-order valence-electron chi connectivity index (χ1n) is 8.15. The Bertz CT molecular complexity index is 771. The molecule has 0 saturated carbocycles. The molecule has 1 amide bonds. The molecule has 0 radical (unpaired) electrons. The van der Waals surface area contributed by atoms with Crippen molar-refractivity contribution < 1.29 is 13.9 Å². The highest BCUT2D eigenvalue weighted by Crippen LogP contribution is 2.32. The number of carbonyl (C=O) groups is 1. The summed E-state index contributed by atoms with van der Waals surface area (Å²) < 4.78 is 19.2. The lowest BCUT2D eigenvalue weighted by Crippen LogP contribution is -2.33. The average molecular weight is 326 g/mol. The van der Waals surface area contributed by atoms with E-state index in [2.05, 4.69) is 10.6 Å². The zero-order valence-electron chi connectivity index (χ0n) is 13.4. The average Bonchev–Trinajstić information content (AvgIpc) is 2.96. The number of halogens is 1. The molecule has 24 heavy (non-hydrogen) atoms. The fourth-order valence-electron chi connectivity index (χ4n) is 3.26. The second-order valence-corrected chi connectivity index (χ2v) is 6.47. The molecule has 1 saturated heterocycles. The summed E-state index contributed by atoms with van der Waals surface area (Å²) in [5.74, 6) is 0.00449. The SMILES string of the molecule is Cc1ccc(F)c2c1NC(C(=O)Nc1cccc(C3COC3)c1)C2. The minimum atomic E-state index is -0.453. The van der Waals surface area contributed by atoms with E-state index >= 15 is 0 Å². The van der Waals surface area contributed by atoms with Gasteiger partial charge in [0.1, 0.15) is 11.9 Å². The van der Waals surface area contributed by atoms with E-state index in [0.717, 1.165) is 30.2 Å². The topological polar surface area (TPSA) is 50.4 Å². The molecule has 124 valence electrons. The second kappa shape index (κ2) is 5.91. The molecule has 0 aromatic heterocycles. The fourth-order valence-corrected chi connectivity index (χ4v) is 3.26. The summed E-state index contributed by atoms with van der Waals surface area (Å²) in [6, 6.07) is 10.6. The van der Waals surface area contributed by atoms with Gasteiger partial charge in [-0.1, -0.05) is 18.2 Å². The molecule has 4 nitrogen and oxygen atoms in total. The summed E-state index contributed by atoms with van der Waals surface area (Å²) in [5.41, 5.74) is 4.22. The molecular formula is C19H19FN2O2. The van der Waals surface area contributed by atoms with E-state index in [1.807, 2.05) is 31.2 Å². The molecule has 0 spiro atoms. The van der Waals surface area contributed by atoms with Crippen LogP contribution in [0.1, 0.15) is 22.6 Å². The minimum Gasteiger partial charge on any atom is -0.380 e. The van der Waals surface area contributed by atoms with Crippen molar-refractivity contribution in [3.05, 3.63) is 58.9 Å². The van der Waals surface area contributed by atoms with Crippen LogP contribution in [0.2, 0.25) is 0 Å². The first-order valence-corrected chi connectivity index (χ1v) is 8.15. The van der Waals surface area contributed by atoms with Crippen LogP contribution in [0.3, 0.4) is 0 Å². The lowest BCUT2D eigenvalue weighted by atomic mass is 9.97. The molecule has 2 aliphatic rings. The highest BCUT2D eigenvalue weighted by atomic mass is 19.1. The second-order valence-electron chi connectivity index (χ2n) is 6.47. The number of hydrogen-bond acceptors (Lipinski definition) is 3. The van der Waals surface area contributed by atoms with Gasteiger partial charge in [0, 0.05) is 29.3 Å². The van der Waals surface area contributed by atoms with Gasteiger partial charge in [0.25, 0.3) is 0 Å². The van der Waals surface area contributed by atoms with Gasteiger partial charge in [-0.3, -0.25) is 4.79 Å². The summed E-state index contributed by atoms with van der Waals surface area (Å²) in [7, 11) is 0. The van der Waals surface area contributed by atoms with E-state index < -0.39 is 6.04 Å². The summed E-state index contributed by atoms with van der Waals surface area (Å²) in [6.07, 6.45) is 0.366. The molecule has 0 aliphatic carbocycles. The van der Waals surface area contributed by atoms with E-state index in [1.54, 1.807) is 6.07 Å². The van der Waals surface area contributed by atoms with Crippen molar-refractivity contribution in [2.45, 2.75) is 25.3 Å². The van der Waals surface area contributed by atoms with Crippen LogP contribution in [0.25, 0.3) is 0 Å². The highest BCUT2D eigenvalue weighted by molar-refractivity contribution is 5.98. The standard InChI is InChI=1S/C19H19FN2O2/c1-11-5-6-16(20)15-8-17(22-18(11)15)19(23)21-14-4-2-3-12(7-14)13-9-24-10-13/h2-7,13,17,22H,8-10H2,1H3,(H,21,23). The quantitative estimate of drug-likeness (QED) is 0.910. The van der Waals surface area contributed by atoms with Crippen LogP contribution < -0.4 is 10.6 Å². The lowest BCUT2D eigenvalue weighted by molar-refractivity contribution is -0.116. The summed E-state index contributed by atoms with van der Waals surface area (Å²) in [6.45, 7) is 3.38. The van der Waals surface area contributed by atoms with Gasteiger partial charge >= 0.3 is 0 Å². The zero-order valence-corrected chi connectivity index (χ0v) is 13.4. The number of nitrogens with one attached hydrogen (secondary N) is 2. The summed E-state index contributed by atoms with van der Waals surface area (Å²) >= 11 is 0. The number of anilines is 2. The minimum absolute atomic E-state index is 0.146. The normalized spacial score (nSPS) is 19.3. The number of hydrogen-bond donors (Lipinski definition) is 2. The van der Waals surface area contributed by atoms with Crippen molar-refractivity contribution in [2.24, 2.45) is 0 Å². The van der Waals surface area contributed by atoms with Crippen LogP contribution in [-0.4, -0.2) is 25.2 Å². The Morgan fingerprint density at radius 3 is 2.83 bits per heavy atom. The van der Waals surface area contributed by atoms with Crippen molar-refractivity contribution in [1.29, 1.82) is 0 Å². The fraction of sp³-hybridized carbons (Fsp3) is 0.316. The number of carbonyl (C=O) groups excluding carboxylic acids is 1. The Hall–Kier alpha value is -2.40. The Morgan fingerprint density at radius 1 is 1.29 bits per heavy atom. The Balaban J connectivity index is 1.48. The van der Waals surface area contributed by atoms with Crippen LogP contribution in [-0.2, 0) is 16.0 Å². The highest BCUT2D eigenvalue weighted by Gasteiger charge is 2.30. The number of fused-ring (bicyclic) bond motifs is 1. The maximum Gasteiger partial charge on any atom is 0.247 e. The monoisotopic (exact) mass is 326 g/mol. The van der Waals surface area contributed by atoms with Crippen LogP contribution >= 0.6 is 0 Å². The van der Waals surface area contributed by atoms with Crippen LogP contribution in [0.15, 0.2) is 36.4 Å². The maximum atomic E-state index is 13.9. The molecule has 2 aromatic carbocycles. The van der Waals surface area contributed by atoms with Crippen molar-refractivity contribution in [3.8, 4) is 0 Å². The Labute approximate surface area is 140 Å². The lowest BCUT2D eigenvalue weighted by Gasteiger charge is -2.26. The van der Waals surface area contributed by atoms with Gasteiger partial charge in [0.2, 0.25) is 5.91 Å². The molecule has 2 heterocycles. The third-order valence-electron chi connectivity index (χ3n) is 4.77.